The van der Waals surface area contributed by atoms with Crippen LogP contribution in [0.15, 0.2) is 33.6 Å². The maximum absolute atomic E-state index is 12.4. The Morgan fingerprint density at radius 3 is 2.76 bits per heavy atom. The Kier molecular flexibility index (Phi) is 6.14. The molecule has 1 atom stereocenters. The van der Waals surface area contributed by atoms with Crippen molar-refractivity contribution in [3.8, 4) is 0 Å². The van der Waals surface area contributed by atoms with Crippen molar-refractivity contribution in [3.05, 3.63) is 28.7 Å². The van der Waals surface area contributed by atoms with Crippen molar-refractivity contribution < 1.29 is 4.79 Å². The summed E-state index contributed by atoms with van der Waals surface area (Å²) in [7, 11) is 0. The molecule has 1 aromatic rings. The van der Waals surface area contributed by atoms with Crippen LogP contribution in [0.25, 0.3) is 0 Å². The topological polar surface area (TPSA) is 41.1 Å². The average molecular weight is 371 g/mol. The first-order valence-corrected chi connectivity index (χ1v) is 9.02. The molecule has 5 heteroatoms. The Morgan fingerprint density at radius 1 is 1.43 bits per heavy atom. The number of carbonyl (C=O) groups is 1. The maximum Gasteiger partial charge on any atom is 0.236 e. The van der Waals surface area contributed by atoms with E-state index >= 15 is 0 Å². The van der Waals surface area contributed by atoms with Gasteiger partial charge in [-0.15, -0.1) is 11.8 Å². The molecule has 1 aromatic carbocycles. The van der Waals surface area contributed by atoms with Crippen molar-refractivity contribution in [2.75, 3.05) is 19.6 Å². The van der Waals surface area contributed by atoms with Gasteiger partial charge in [0.1, 0.15) is 0 Å². The minimum absolute atomic E-state index is 0.112. The van der Waals surface area contributed by atoms with E-state index in [1.807, 2.05) is 38.1 Å². The largest absolute Gasteiger partial charge is 0.355 e. The summed E-state index contributed by atoms with van der Waals surface area (Å²) in [4.78, 5) is 13.5. The smallest absolute Gasteiger partial charge is 0.236 e. The van der Waals surface area contributed by atoms with Crippen LogP contribution >= 0.6 is 27.7 Å². The highest BCUT2D eigenvalue weighted by Gasteiger charge is 2.29. The zero-order valence-electron chi connectivity index (χ0n) is 12.6. The predicted octanol–water partition coefficient (Wildman–Crippen LogP) is 3.44. The molecule has 1 fully saturated rings. The third-order valence-corrected chi connectivity index (χ3v) is 5.42. The molecule has 1 heterocycles. The quantitative estimate of drug-likeness (QED) is 0.780. The Labute approximate surface area is 139 Å². The van der Waals surface area contributed by atoms with Gasteiger partial charge in [-0.05, 0) is 70.0 Å². The Bertz CT molecular complexity index is 470. The molecule has 0 radical (unpaired) electrons. The van der Waals surface area contributed by atoms with Gasteiger partial charge in [0.25, 0.3) is 0 Å². The van der Waals surface area contributed by atoms with Crippen LogP contribution in [-0.4, -0.2) is 30.3 Å². The summed E-state index contributed by atoms with van der Waals surface area (Å²) in [6.07, 6.45) is 2.41. The van der Waals surface area contributed by atoms with Crippen LogP contribution in [0.3, 0.4) is 0 Å². The fraction of sp³-hybridized carbons (Fsp3) is 0.562. The molecule has 2 rings (SSSR count). The van der Waals surface area contributed by atoms with Crippen LogP contribution in [-0.2, 0) is 4.79 Å². The van der Waals surface area contributed by atoms with Crippen LogP contribution in [0, 0.1) is 5.92 Å². The monoisotopic (exact) mass is 370 g/mol. The number of hydrogen-bond donors (Lipinski definition) is 2. The zero-order chi connectivity index (χ0) is 15.3. The van der Waals surface area contributed by atoms with Gasteiger partial charge in [0, 0.05) is 15.9 Å². The molecule has 2 N–H and O–H groups in total. The molecule has 0 spiro atoms. The number of benzene rings is 1. The molecule has 1 saturated heterocycles. The minimum atomic E-state index is -0.462. The highest BCUT2D eigenvalue weighted by molar-refractivity contribution is 9.10. The molecule has 1 aliphatic heterocycles. The van der Waals surface area contributed by atoms with Gasteiger partial charge >= 0.3 is 0 Å². The molecule has 116 valence electrons. The fourth-order valence-corrected chi connectivity index (χ4v) is 3.68. The van der Waals surface area contributed by atoms with E-state index in [1.54, 1.807) is 11.8 Å². The lowest BCUT2D eigenvalue weighted by Gasteiger charge is -2.27. The minimum Gasteiger partial charge on any atom is -0.355 e. The van der Waals surface area contributed by atoms with Crippen molar-refractivity contribution in [2.24, 2.45) is 5.92 Å². The highest BCUT2D eigenvalue weighted by Crippen LogP contribution is 2.33. The van der Waals surface area contributed by atoms with Gasteiger partial charge in [0.15, 0.2) is 0 Å². The Hall–Kier alpha value is -0.520. The molecule has 21 heavy (non-hydrogen) atoms. The summed E-state index contributed by atoms with van der Waals surface area (Å²) < 4.78 is 0.592. The average Bonchev–Trinajstić information content (AvgIpc) is 2.48. The van der Waals surface area contributed by atoms with E-state index in [1.165, 1.54) is 12.8 Å². The third-order valence-electron chi connectivity index (χ3n) is 3.68. The van der Waals surface area contributed by atoms with Gasteiger partial charge < -0.3 is 10.6 Å². The molecule has 1 amide bonds. The molecule has 3 nitrogen and oxygen atoms in total. The molecule has 1 unspecified atom stereocenters. The number of hydrogen-bond acceptors (Lipinski definition) is 3. The van der Waals surface area contributed by atoms with Gasteiger partial charge in [0.2, 0.25) is 5.91 Å². The van der Waals surface area contributed by atoms with E-state index in [0.29, 0.717) is 5.92 Å². The molecular formula is C16H23BrN2OS. The summed E-state index contributed by atoms with van der Waals surface area (Å²) in [5.74, 6) is 0.678. The van der Waals surface area contributed by atoms with Crippen LogP contribution in [0.2, 0.25) is 0 Å². The number of piperidine rings is 1. The lowest BCUT2D eigenvalue weighted by Crippen LogP contribution is -2.44. The van der Waals surface area contributed by atoms with E-state index in [2.05, 4.69) is 26.6 Å². The van der Waals surface area contributed by atoms with Gasteiger partial charge in [-0.25, -0.2) is 0 Å². The number of rotatable bonds is 5. The summed E-state index contributed by atoms with van der Waals surface area (Å²) >= 11 is 5.03. The lowest BCUT2D eigenvalue weighted by molar-refractivity contribution is -0.122. The molecule has 0 saturated carbocycles. The number of amides is 1. The van der Waals surface area contributed by atoms with E-state index in [0.717, 1.165) is 29.0 Å². The Morgan fingerprint density at radius 2 is 2.14 bits per heavy atom. The van der Waals surface area contributed by atoms with Crippen molar-refractivity contribution in [1.82, 2.24) is 10.6 Å². The van der Waals surface area contributed by atoms with Gasteiger partial charge in [0.05, 0.1) is 4.75 Å². The summed E-state index contributed by atoms with van der Waals surface area (Å²) in [6.45, 7) is 6.86. The number of halogens is 1. The van der Waals surface area contributed by atoms with E-state index in [9.17, 15) is 4.79 Å². The van der Waals surface area contributed by atoms with Gasteiger partial charge in [-0.1, -0.05) is 15.9 Å². The molecule has 0 bridgehead atoms. The van der Waals surface area contributed by atoms with Gasteiger partial charge in [-0.3, -0.25) is 4.79 Å². The second kappa shape index (κ2) is 7.65. The van der Waals surface area contributed by atoms with E-state index in [-0.39, 0.29) is 5.91 Å². The van der Waals surface area contributed by atoms with Crippen LogP contribution < -0.4 is 10.6 Å². The maximum atomic E-state index is 12.4. The fourth-order valence-electron chi connectivity index (χ4n) is 2.39. The molecule has 1 aliphatic rings. The standard InChI is InChI=1S/C16H23BrN2OS/c1-16(2,21-14-7-5-13(17)6-8-14)15(20)19-11-12-4-3-9-18-10-12/h5-8,12,18H,3-4,9-11H2,1-2H3,(H,19,20). The first kappa shape index (κ1) is 16.8. The first-order chi connectivity index (χ1) is 9.97. The van der Waals surface area contributed by atoms with E-state index < -0.39 is 4.75 Å². The normalized spacial score (nSPS) is 19.3. The van der Waals surface area contributed by atoms with Crippen LogP contribution in [0.5, 0.6) is 0 Å². The summed E-state index contributed by atoms with van der Waals surface area (Å²) in [5, 5.41) is 6.50. The molecular weight excluding hydrogens is 348 g/mol. The number of thioether (sulfide) groups is 1. The number of carbonyl (C=O) groups excluding carboxylic acids is 1. The van der Waals surface area contributed by atoms with Crippen LogP contribution in [0.4, 0.5) is 0 Å². The SMILES string of the molecule is CC(C)(Sc1ccc(Br)cc1)C(=O)NCC1CCCNC1. The first-order valence-electron chi connectivity index (χ1n) is 7.41. The van der Waals surface area contributed by atoms with Crippen LogP contribution in [0.1, 0.15) is 26.7 Å². The zero-order valence-corrected chi connectivity index (χ0v) is 15.0. The predicted molar refractivity (Wildman–Crippen MR) is 92.7 cm³/mol. The summed E-state index contributed by atoms with van der Waals surface area (Å²) in [6, 6.07) is 8.08. The van der Waals surface area contributed by atoms with Crippen molar-refractivity contribution in [2.45, 2.75) is 36.3 Å². The number of nitrogens with one attached hydrogen (secondary N) is 2. The van der Waals surface area contributed by atoms with Gasteiger partial charge in [-0.2, -0.15) is 0 Å². The second-order valence-electron chi connectivity index (χ2n) is 5.99. The highest BCUT2D eigenvalue weighted by atomic mass is 79.9. The second-order valence-corrected chi connectivity index (χ2v) is 8.60. The van der Waals surface area contributed by atoms with Crippen molar-refractivity contribution >= 4 is 33.6 Å². The third kappa shape index (κ3) is 5.31. The summed E-state index contributed by atoms with van der Waals surface area (Å²) in [5.41, 5.74) is 0. The van der Waals surface area contributed by atoms with E-state index in [4.69, 9.17) is 0 Å². The molecule has 0 aliphatic carbocycles. The lowest BCUT2D eigenvalue weighted by atomic mass is 9.99. The van der Waals surface area contributed by atoms with Crippen molar-refractivity contribution in [3.63, 3.8) is 0 Å². The Balaban J connectivity index is 1.85. The van der Waals surface area contributed by atoms with Crippen molar-refractivity contribution in [1.29, 1.82) is 0 Å². The molecule has 0 aromatic heterocycles.